The Hall–Kier alpha value is -1.75. The van der Waals surface area contributed by atoms with Crippen molar-refractivity contribution in [2.24, 2.45) is 0 Å². The van der Waals surface area contributed by atoms with E-state index < -0.39 is 0 Å². The van der Waals surface area contributed by atoms with Crippen LogP contribution in [0.15, 0.2) is 18.2 Å². The van der Waals surface area contributed by atoms with Gasteiger partial charge in [0.2, 0.25) is 0 Å². The lowest BCUT2D eigenvalue weighted by molar-refractivity contribution is 0.0575. The number of nitrogen functional groups attached to an aromatic ring is 1. The zero-order valence-corrected chi connectivity index (χ0v) is 11.6. The number of carbonyl (C=O) groups excluding carboxylic acids is 1. The van der Waals surface area contributed by atoms with E-state index in [0.717, 1.165) is 6.42 Å². The van der Waals surface area contributed by atoms with E-state index in [-0.39, 0.29) is 18.1 Å². The summed E-state index contributed by atoms with van der Waals surface area (Å²) in [6.45, 7) is 2.68. The quantitative estimate of drug-likeness (QED) is 0.841. The molecule has 2 rings (SSSR count). The number of methoxy groups -OCH3 is 1. The lowest BCUT2D eigenvalue weighted by atomic mass is 10.1. The van der Waals surface area contributed by atoms with Crippen LogP contribution in [0.1, 0.15) is 23.7 Å². The average molecular weight is 264 g/mol. The van der Waals surface area contributed by atoms with E-state index in [1.165, 1.54) is 0 Å². The standard InChI is InChI=1S/C14H20N2O3/c1-9-13(6-7-19-9)16(2)14(17)11-5-4-10(18-3)8-12(11)15/h4-5,8-9,13H,6-7,15H2,1-3H3. The summed E-state index contributed by atoms with van der Waals surface area (Å²) >= 11 is 0. The Balaban J connectivity index is 2.19. The monoisotopic (exact) mass is 264 g/mol. The van der Waals surface area contributed by atoms with E-state index in [2.05, 4.69) is 0 Å². The smallest absolute Gasteiger partial charge is 0.256 e. The van der Waals surface area contributed by atoms with Crippen molar-refractivity contribution < 1.29 is 14.3 Å². The molecule has 1 aromatic carbocycles. The third-order valence-corrected chi connectivity index (χ3v) is 3.64. The normalized spacial score (nSPS) is 22.3. The number of hydrogen-bond acceptors (Lipinski definition) is 4. The van der Waals surface area contributed by atoms with Gasteiger partial charge in [-0.15, -0.1) is 0 Å². The Bertz CT molecular complexity index is 476. The van der Waals surface area contributed by atoms with Crippen molar-refractivity contribution in [3.8, 4) is 5.75 Å². The van der Waals surface area contributed by atoms with Crippen molar-refractivity contribution in [3.63, 3.8) is 0 Å². The maximum Gasteiger partial charge on any atom is 0.256 e. The zero-order valence-electron chi connectivity index (χ0n) is 11.6. The van der Waals surface area contributed by atoms with Crippen molar-refractivity contribution in [2.45, 2.75) is 25.5 Å². The van der Waals surface area contributed by atoms with Crippen LogP contribution < -0.4 is 10.5 Å². The first-order chi connectivity index (χ1) is 9.04. The fourth-order valence-corrected chi connectivity index (χ4v) is 2.43. The Kier molecular flexibility index (Phi) is 3.95. The molecule has 0 aromatic heterocycles. The molecule has 5 heteroatoms. The SMILES string of the molecule is COc1ccc(C(=O)N(C)C2CCOC2C)c(N)c1. The van der Waals surface area contributed by atoms with Gasteiger partial charge >= 0.3 is 0 Å². The number of rotatable bonds is 3. The number of ether oxygens (including phenoxy) is 2. The number of likely N-dealkylation sites (N-methyl/N-ethyl adjacent to an activating group) is 1. The van der Waals surface area contributed by atoms with Crippen LogP contribution in [0.3, 0.4) is 0 Å². The highest BCUT2D eigenvalue weighted by Gasteiger charge is 2.31. The van der Waals surface area contributed by atoms with Crippen LogP contribution >= 0.6 is 0 Å². The van der Waals surface area contributed by atoms with Gasteiger partial charge in [0.1, 0.15) is 5.75 Å². The average Bonchev–Trinajstić information content (AvgIpc) is 2.83. The van der Waals surface area contributed by atoms with Crippen molar-refractivity contribution in [2.75, 3.05) is 26.5 Å². The number of nitrogens with two attached hydrogens (primary N) is 1. The molecule has 19 heavy (non-hydrogen) atoms. The fraction of sp³-hybridized carbons (Fsp3) is 0.500. The van der Waals surface area contributed by atoms with Crippen molar-refractivity contribution in [1.82, 2.24) is 4.90 Å². The van der Waals surface area contributed by atoms with Crippen LogP contribution in [0.2, 0.25) is 0 Å². The lowest BCUT2D eigenvalue weighted by Crippen LogP contribution is -2.41. The van der Waals surface area contributed by atoms with E-state index in [9.17, 15) is 4.79 Å². The Morgan fingerprint density at radius 2 is 2.26 bits per heavy atom. The van der Waals surface area contributed by atoms with Crippen molar-refractivity contribution in [1.29, 1.82) is 0 Å². The van der Waals surface area contributed by atoms with Crippen LogP contribution in [0.25, 0.3) is 0 Å². The summed E-state index contributed by atoms with van der Waals surface area (Å²) in [5, 5.41) is 0. The molecule has 0 saturated carbocycles. The Morgan fingerprint density at radius 1 is 1.53 bits per heavy atom. The van der Waals surface area contributed by atoms with Crippen LogP contribution in [0.4, 0.5) is 5.69 Å². The predicted octanol–water partition coefficient (Wildman–Crippen LogP) is 1.53. The Morgan fingerprint density at radius 3 is 2.79 bits per heavy atom. The molecule has 1 aromatic rings. The molecule has 1 aliphatic heterocycles. The van der Waals surface area contributed by atoms with Gasteiger partial charge in [-0.1, -0.05) is 0 Å². The molecule has 2 atom stereocenters. The highest BCUT2D eigenvalue weighted by atomic mass is 16.5. The molecule has 0 bridgehead atoms. The second kappa shape index (κ2) is 5.48. The molecule has 2 unspecified atom stereocenters. The summed E-state index contributed by atoms with van der Waals surface area (Å²) in [6, 6.07) is 5.21. The summed E-state index contributed by atoms with van der Waals surface area (Å²) in [6.07, 6.45) is 0.924. The van der Waals surface area contributed by atoms with Crippen molar-refractivity contribution in [3.05, 3.63) is 23.8 Å². The molecule has 0 aliphatic carbocycles. The van der Waals surface area contributed by atoms with Gasteiger partial charge in [0.15, 0.2) is 0 Å². The molecule has 0 radical (unpaired) electrons. The minimum atomic E-state index is -0.0810. The molecule has 5 nitrogen and oxygen atoms in total. The minimum Gasteiger partial charge on any atom is -0.497 e. The number of carbonyl (C=O) groups is 1. The molecule has 0 spiro atoms. The van der Waals surface area contributed by atoms with Gasteiger partial charge in [-0.3, -0.25) is 4.79 Å². The van der Waals surface area contributed by atoms with Gasteiger partial charge in [-0.2, -0.15) is 0 Å². The molecule has 1 heterocycles. The summed E-state index contributed by atoms with van der Waals surface area (Å²) in [5.41, 5.74) is 6.85. The van der Waals surface area contributed by atoms with Crippen LogP contribution in [-0.4, -0.2) is 43.7 Å². The number of hydrogen-bond donors (Lipinski definition) is 1. The summed E-state index contributed by atoms with van der Waals surface area (Å²) in [7, 11) is 3.36. The maximum absolute atomic E-state index is 12.4. The molecular weight excluding hydrogens is 244 g/mol. The number of anilines is 1. The molecule has 1 fully saturated rings. The van der Waals surface area contributed by atoms with Gasteiger partial charge in [0, 0.05) is 25.4 Å². The highest BCUT2D eigenvalue weighted by Crippen LogP contribution is 2.24. The van der Waals surface area contributed by atoms with E-state index in [1.807, 2.05) is 6.92 Å². The first kappa shape index (κ1) is 13.7. The van der Waals surface area contributed by atoms with Gasteiger partial charge in [-0.05, 0) is 25.5 Å². The topological polar surface area (TPSA) is 64.8 Å². The highest BCUT2D eigenvalue weighted by molar-refractivity contribution is 5.99. The lowest BCUT2D eigenvalue weighted by Gasteiger charge is -2.27. The minimum absolute atomic E-state index is 0.0634. The molecule has 1 amide bonds. The fourth-order valence-electron chi connectivity index (χ4n) is 2.43. The third kappa shape index (κ3) is 2.66. The number of amides is 1. The van der Waals surface area contributed by atoms with E-state index in [4.69, 9.17) is 15.2 Å². The summed E-state index contributed by atoms with van der Waals surface area (Å²) in [4.78, 5) is 14.2. The second-order valence-electron chi connectivity index (χ2n) is 4.80. The molecule has 2 N–H and O–H groups in total. The van der Waals surface area contributed by atoms with Gasteiger partial charge < -0.3 is 20.1 Å². The van der Waals surface area contributed by atoms with Crippen LogP contribution in [-0.2, 0) is 4.74 Å². The third-order valence-electron chi connectivity index (χ3n) is 3.64. The van der Waals surface area contributed by atoms with Crippen LogP contribution in [0.5, 0.6) is 5.75 Å². The second-order valence-corrected chi connectivity index (χ2v) is 4.80. The molecule has 1 aliphatic rings. The summed E-state index contributed by atoms with van der Waals surface area (Å²) < 4.78 is 10.6. The Labute approximate surface area is 113 Å². The molecule has 1 saturated heterocycles. The predicted molar refractivity (Wildman–Crippen MR) is 73.3 cm³/mol. The van der Waals surface area contributed by atoms with Gasteiger partial charge in [-0.25, -0.2) is 0 Å². The number of benzene rings is 1. The van der Waals surface area contributed by atoms with E-state index >= 15 is 0 Å². The van der Waals surface area contributed by atoms with Gasteiger partial charge in [0.25, 0.3) is 5.91 Å². The van der Waals surface area contributed by atoms with Crippen molar-refractivity contribution >= 4 is 11.6 Å². The van der Waals surface area contributed by atoms with E-state index in [0.29, 0.717) is 23.6 Å². The molecular formula is C14H20N2O3. The number of nitrogens with zero attached hydrogens (tertiary/aromatic N) is 1. The largest absolute Gasteiger partial charge is 0.497 e. The van der Waals surface area contributed by atoms with Gasteiger partial charge in [0.05, 0.1) is 24.8 Å². The maximum atomic E-state index is 12.4. The first-order valence-electron chi connectivity index (χ1n) is 6.37. The zero-order chi connectivity index (χ0) is 14.0. The molecule has 104 valence electrons. The van der Waals surface area contributed by atoms with Crippen LogP contribution in [0, 0.1) is 0 Å². The van der Waals surface area contributed by atoms with E-state index in [1.54, 1.807) is 37.3 Å². The first-order valence-corrected chi connectivity index (χ1v) is 6.37. The summed E-state index contributed by atoms with van der Waals surface area (Å²) in [5.74, 6) is 0.566.